The first-order chi connectivity index (χ1) is 26.1. The molecule has 0 aliphatic rings. The molecule has 0 bridgehead atoms. The number of hydrogen-bond donors (Lipinski definition) is 0. The normalized spacial score (nSPS) is 11.4. The molecule has 53 heavy (non-hydrogen) atoms. The van der Waals surface area contributed by atoms with Crippen molar-refractivity contribution in [1.29, 1.82) is 0 Å². The SMILES string of the molecule is CC(C)c1cc(-c2ccccc2)c2ccc3ccc(-c4ccc(-c5cccc(-c6nc(-c7ccccc7)cc(-c7ccccn7)n6)c5)cc4)nc3c2n1. The maximum atomic E-state index is 5.25. The van der Waals surface area contributed by atoms with Crippen molar-refractivity contribution in [2.75, 3.05) is 0 Å². The third-order valence-corrected chi connectivity index (χ3v) is 9.69. The minimum atomic E-state index is 0.286. The summed E-state index contributed by atoms with van der Waals surface area (Å²) in [6, 6.07) is 56.5. The van der Waals surface area contributed by atoms with Crippen LogP contribution in [0.25, 0.3) is 89.4 Å². The first kappa shape index (κ1) is 32.1. The van der Waals surface area contributed by atoms with Crippen molar-refractivity contribution in [3.8, 4) is 67.5 Å². The van der Waals surface area contributed by atoms with Gasteiger partial charge in [-0.2, -0.15) is 0 Å². The molecule has 0 saturated heterocycles. The molecule has 0 amide bonds. The molecule has 0 atom stereocenters. The van der Waals surface area contributed by atoms with Crippen molar-refractivity contribution in [3.63, 3.8) is 0 Å². The Morgan fingerprint density at radius 2 is 1.06 bits per heavy atom. The van der Waals surface area contributed by atoms with Crippen LogP contribution in [0.1, 0.15) is 25.5 Å². The zero-order valence-electron chi connectivity index (χ0n) is 29.5. The summed E-state index contributed by atoms with van der Waals surface area (Å²) >= 11 is 0. The van der Waals surface area contributed by atoms with Crippen LogP contribution >= 0.6 is 0 Å². The molecule has 0 unspecified atom stereocenters. The van der Waals surface area contributed by atoms with Crippen LogP contribution in [-0.4, -0.2) is 24.9 Å². The van der Waals surface area contributed by atoms with Gasteiger partial charge in [0.25, 0.3) is 0 Å². The quantitative estimate of drug-likeness (QED) is 0.157. The topological polar surface area (TPSA) is 64.5 Å². The Hall–Kier alpha value is -6.85. The predicted molar refractivity (Wildman–Crippen MR) is 217 cm³/mol. The molecule has 4 heterocycles. The van der Waals surface area contributed by atoms with E-state index in [2.05, 4.69) is 140 Å². The third kappa shape index (κ3) is 6.34. The highest BCUT2D eigenvalue weighted by atomic mass is 14.9. The van der Waals surface area contributed by atoms with Crippen molar-refractivity contribution in [2.45, 2.75) is 19.8 Å². The van der Waals surface area contributed by atoms with Gasteiger partial charge in [0, 0.05) is 39.4 Å². The maximum absolute atomic E-state index is 5.25. The van der Waals surface area contributed by atoms with E-state index in [4.69, 9.17) is 19.9 Å². The second-order valence-electron chi connectivity index (χ2n) is 13.5. The van der Waals surface area contributed by atoms with Gasteiger partial charge < -0.3 is 0 Å². The van der Waals surface area contributed by atoms with Gasteiger partial charge in [-0.3, -0.25) is 9.97 Å². The highest BCUT2D eigenvalue weighted by molar-refractivity contribution is 6.08. The predicted octanol–water partition coefficient (Wildman–Crippen LogP) is 12.1. The van der Waals surface area contributed by atoms with Gasteiger partial charge in [0.05, 0.1) is 33.8 Å². The molecule has 5 heteroatoms. The zero-order valence-corrected chi connectivity index (χ0v) is 29.5. The van der Waals surface area contributed by atoms with Gasteiger partial charge in [0.15, 0.2) is 5.82 Å². The highest BCUT2D eigenvalue weighted by Crippen LogP contribution is 2.36. The van der Waals surface area contributed by atoms with Gasteiger partial charge >= 0.3 is 0 Å². The average Bonchev–Trinajstić information content (AvgIpc) is 3.24. The van der Waals surface area contributed by atoms with Gasteiger partial charge in [-0.15, -0.1) is 0 Å². The molecule has 4 aromatic heterocycles. The molecule has 252 valence electrons. The van der Waals surface area contributed by atoms with E-state index in [9.17, 15) is 0 Å². The fourth-order valence-corrected chi connectivity index (χ4v) is 6.85. The molecule has 5 aromatic carbocycles. The summed E-state index contributed by atoms with van der Waals surface area (Å²) in [5.41, 5.74) is 13.8. The molecule has 0 aliphatic carbocycles. The van der Waals surface area contributed by atoms with Gasteiger partial charge in [0.1, 0.15) is 0 Å². The number of hydrogen-bond acceptors (Lipinski definition) is 5. The minimum Gasteiger partial charge on any atom is -0.255 e. The summed E-state index contributed by atoms with van der Waals surface area (Å²) in [4.78, 5) is 25.0. The van der Waals surface area contributed by atoms with Crippen LogP contribution in [0.2, 0.25) is 0 Å². The van der Waals surface area contributed by atoms with Crippen LogP contribution in [0, 0.1) is 0 Å². The Morgan fingerprint density at radius 1 is 0.396 bits per heavy atom. The van der Waals surface area contributed by atoms with Gasteiger partial charge in [-0.05, 0) is 64.6 Å². The fourth-order valence-electron chi connectivity index (χ4n) is 6.85. The molecule has 9 aromatic rings. The van der Waals surface area contributed by atoms with Crippen molar-refractivity contribution in [3.05, 3.63) is 176 Å². The first-order valence-corrected chi connectivity index (χ1v) is 17.9. The number of nitrogens with zero attached hydrogens (tertiary/aromatic N) is 5. The summed E-state index contributed by atoms with van der Waals surface area (Å²) in [6.45, 7) is 4.39. The largest absolute Gasteiger partial charge is 0.255 e. The number of pyridine rings is 3. The molecule has 0 fully saturated rings. The molecule has 0 spiro atoms. The first-order valence-electron chi connectivity index (χ1n) is 17.9. The number of benzene rings is 5. The van der Waals surface area contributed by atoms with Gasteiger partial charge in [-0.1, -0.05) is 141 Å². The highest BCUT2D eigenvalue weighted by Gasteiger charge is 2.15. The lowest BCUT2D eigenvalue weighted by atomic mass is 9.96. The molecule has 0 N–H and O–H groups in total. The van der Waals surface area contributed by atoms with E-state index in [1.165, 1.54) is 11.1 Å². The second kappa shape index (κ2) is 13.7. The average molecular weight is 682 g/mol. The van der Waals surface area contributed by atoms with Crippen LogP contribution in [-0.2, 0) is 0 Å². The Kier molecular flexibility index (Phi) is 8.29. The van der Waals surface area contributed by atoms with E-state index in [-0.39, 0.29) is 5.92 Å². The second-order valence-corrected chi connectivity index (χ2v) is 13.5. The van der Waals surface area contributed by atoms with Crippen molar-refractivity contribution >= 4 is 21.8 Å². The van der Waals surface area contributed by atoms with Crippen molar-refractivity contribution < 1.29 is 0 Å². The van der Waals surface area contributed by atoms with Gasteiger partial charge in [0.2, 0.25) is 0 Å². The van der Waals surface area contributed by atoms with Gasteiger partial charge in [-0.25, -0.2) is 15.0 Å². The lowest BCUT2D eigenvalue weighted by Crippen LogP contribution is -1.97. The lowest BCUT2D eigenvalue weighted by molar-refractivity contribution is 0.831. The van der Waals surface area contributed by atoms with Crippen LogP contribution < -0.4 is 0 Å². The van der Waals surface area contributed by atoms with Crippen LogP contribution in [0.3, 0.4) is 0 Å². The Bertz CT molecular complexity index is 2670. The fraction of sp³-hybridized carbons (Fsp3) is 0.0625. The summed E-state index contributed by atoms with van der Waals surface area (Å²) in [6.07, 6.45) is 1.79. The number of rotatable bonds is 7. The molecule has 0 radical (unpaired) electrons. The Labute approximate surface area is 308 Å². The minimum absolute atomic E-state index is 0.286. The molecule has 0 saturated carbocycles. The number of aromatic nitrogens is 5. The van der Waals surface area contributed by atoms with Crippen molar-refractivity contribution in [2.24, 2.45) is 0 Å². The molecule has 5 nitrogen and oxygen atoms in total. The van der Waals surface area contributed by atoms with Crippen molar-refractivity contribution in [1.82, 2.24) is 24.9 Å². The smallest absolute Gasteiger partial charge is 0.160 e. The Balaban J connectivity index is 1.08. The Morgan fingerprint density at radius 3 is 1.81 bits per heavy atom. The summed E-state index contributed by atoms with van der Waals surface area (Å²) in [7, 11) is 0. The summed E-state index contributed by atoms with van der Waals surface area (Å²) in [5, 5.41) is 2.19. The van der Waals surface area contributed by atoms with Crippen LogP contribution in [0.15, 0.2) is 170 Å². The lowest BCUT2D eigenvalue weighted by Gasteiger charge is -2.14. The monoisotopic (exact) mass is 681 g/mol. The summed E-state index contributed by atoms with van der Waals surface area (Å²) < 4.78 is 0. The zero-order chi connectivity index (χ0) is 35.7. The van der Waals surface area contributed by atoms with E-state index in [1.807, 2.05) is 42.5 Å². The summed E-state index contributed by atoms with van der Waals surface area (Å²) in [5.74, 6) is 0.941. The van der Waals surface area contributed by atoms with E-state index >= 15 is 0 Å². The van der Waals surface area contributed by atoms with E-state index < -0.39 is 0 Å². The molecule has 0 aliphatic heterocycles. The molecular weight excluding hydrogens is 647 g/mol. The van der Waals surface area contributed by atoms with Crippen LogP contribution in [0.4, 0.5) is 0 Å². The third-order valence-electron chi connectivity index (χ3n) is 9.69. The standard InChI is InChI=1S/C48H35N5/c1-31(2)43-29-40(33-12-5-3-6-13-33)39-25-23-36-24-26-41(50-46(36)47(39)51-43)35-21-19-32(20-22-35)37-16-11-17-38(28-37)48-52-44(34-14-7-4-8-15-34)30-45(53-48)42-18-9-10-27-49-42/h3-31H,1-2H3. The molecule has 9 rings (SSSR count). The number of fused-ring (bicyclic) bond motifs is 3. The van der Waals surface area contributed by atoms with E-state index in [0.717, 1.165) is 78.1 Å². The molecular formula is C48H35N5. The van der Waals surface area contributed by atoms with Crippen LogP contribution in [0.5, 0.6) is 0 Å². The van der Waals surface area contributed by atoms with E-state index in [1.54, 1.807) is 6.20 Å². The maximum Gasteiger partial charge on any atom is 0.160 e. The van der Waals surface area contributed by atoms with E-state index in [0.29, 0.717) is 5.82 Å².